The van der Waals surface area contributed by atoms with Gasteiger partial charge < -0.3 is 16.0 Å². The molecule has 0 atom stereocenters. The number of benzene rings is 1. The van der Waals surface area contributed by atoms with Crippen LogP contribution in [0.4, 0.5) is 11.5 Å². The van der Waals surface area contributed by atoms with Gasteiger partial charge in [0.25, 0.3) is 0 Å². The standard InChI is InChI=1S/C26H32N6O/c27-25-15-19(5-10-28-25)18-31-11-6-20(7-12-31)26(33)32-13-8-22(9-14-32)30-23-16-21-3-1-2-4-24(21)29-17-23/h1-5,10,15-17,20,22,30H,6-9,11-14,18H2,(H2,27,28). The normalized spacial score (nSPS) is 18.5. The Labute approximate surface area is 195 Å². The quantitative estimate of drug-likeness (QED) is 0.626. The number of nitrogens with zero attached hydrogens (tertiary/aromatic N) is 4. The van der Waals surface area contributed by atoms with Gasteiger partial charge in [-0.05, 0) is 68.6 Å². The molecule has 33 heavy (non-hydrogen) atoms. The van der Waals surface area contributed by atoms with Crippen molar-refractivity contribution in [3.8, 4) is 0 Å². The Kier molecular flexibility index (Phi) is 6.39. The van der Waals surface area contributed by atoms with Crippen molar-refractivity contribution >= 4 is 28.3 Å². The Bertz CT molecular complexity index is 1100. The van der Waals surface area contributed by atoms with Crippen molar-refractivity contribution in [2.24, 2.45) is 5.92 Å². The number of pyridine rings is 2. The Morgan fingerprint density at radius 1 is 1.00 bits per heavy atom. The third kappa shape index (κ3) is 5.25. The van der Waals surface area contributed by atoms with Gasteiger partial charge in [-0.25, -0.2) is 4.98 Å². The van der Waals surface area contributed by atoms with Crippen LogP contribution in [0.2, 0.25) is 0 Å². The summed E-state index contributed by atoms with van der Waals surface area (Å²) in [7, 11) is 0. The summed E-state index contributed by atoms with van der Waals surface area (Å²) in [5.74, 6) is 1.05. The van der Waals surface area contributed by atoms with E-state index < -0.39 is 0 Å². The number of fused-ring (bicyclic) bond motifs is 1. The summed E-state index contributed by atoms with van der Waals surface area (Å²) >= 11 is 0. The molecule has 0 saturated carbocycles. The van der Waals surface area contributed by atoms with Gasteiger partial charge in [0, 0.05) is 43.2 Å². The number of para-hydroxylation sites is 1. The molecule has 2 saturated heterocycles. The molecule has 2 aliphatic heterocycles. The second kappa shape index (κ2) is 9.75. The minimum Gasteiger partial charge on any atom is -0.384 e. The zero-order valence-electron chi connectivity index (χ0n) is 19.0. The molecule has 1 amide bonds. The fourth-order valence-electron chi connectivity index (χ4n) is 5.08. The summed E-state index contributed by atoms with van der Waals surface area (Å²) in [6.07, 6.45) is 7.48. The van der Waals surface area contributed by atoms with Crippen LogP contribution >= 0.6 is 0 Å². The first-order valence-electron chi connectivity index (χ1n) is 12.0. The lowest BCUT2D eigenvalue weighted by molar-refractivity contribution is -0.138. The minimum atomic E-state index is 0.151. The van der Waals surface area contributed by atoms with Crippen LogP contribution in [0.15, 0.2) is 54.9 Å². The van der Waals surface area contributed by atoms with Gasteiger partial charge in [-0.15, -0.1) is 0 Å². The molecule has 5 rings (SSSR count). The van der Waals surface area contributed by atoms with Gasteiger partial charge in [-0.2, -0.15) is 0 Å². The molecule has 3 N–H and O–H groups in total. The highest BCUT2D eigenvalue weighted by Gasteiger charge is 2.31. The maximum atomic E-state index is 13.1. The number of nitrogens with one attached hydrogen (secondary N) is 1. The van der Waals surface area contributed by atoms with E-state index in [2.05, 4.69) is 37.2 Å². The van der Waals surface area contributed by atoms with Gasteiger partial charge in [0.15, 0.2) is 0 Å². The molecule has 0 aliphatic carbocycles. The molecule has 0 unspecified atom stereocenters. The second-order valence-electron chi connectivity index (χ2n) is 9.30. The van der Waals surface area contributed by atoms with Crippen LogP contribution < -0.4 is 11.1 Å². The van der Waals surface area contributed by atoms with Crippen LogP contribution in [0.1, 0.15) is 31.2 Å². The first-order valence-corrected chi connectivity index (χ1v) is 12.0. The number of aromatic nitrogens is 2. The molecule has 2 aliphatic rings. The van der Waals surface area contributed by atoms with E-state index in [1.54, 1.807) is 6.20 Å². The fourth-order valence-corrected chi connectivity index (χ4v) is 5.08. The number of nitrogens with two attached hydrogens (primary N) is 1. The average molecular weight is 445 g/mol. The van der Waals surface area contributed by atoms with Crippen molar-refractivity contribution in [2.45, 2.75) is 38.3 Å². The maximum absolute atomic E-state index is 13.1. The molecule has 2 fully saturated rings. The summed E-state index contributed by atoms with van der Waals surface area (Å²) in [4.78, 5) is 26.2. The Balaban J connectivity index is 1.08. The predicted molar refractivity (Wildman–Crippen MR) is 132 cm³/mol. The fraction of sp³-hybridized carbons (Fsp3) is 0.423. The minimum absolute atomic E-state index is 0.151. The monoisotopic (exact) mass is 444 g/mol. The molecule has 4 heterocycles. The summed E-state index contributed by atoms with van der Waals surface area (Å²) in [6, 6.07) is 14.7. The van der Waals surface area contributed by atoms with Crippen molar-refractivity contribution in [3.63, 3.8) is 0 Å². The highest BCUT2D eigenvalue weighted by atomic mass is 16.2. The smallest absolute Gasteiger partial charge is 0.225 e. The van der Waals surface area contributed by atoms with E-state index in [4.69, 9.17) is 5.73 Å². The summed E-state index contributed by atoms with van der Waals surface area (Å²) in [6.45, 7) is 4.42. The number of carbonyl (C=O) groups excluding carboxylic acids is 1. The molecule has 2 aromatic heterocycles. The number of carbonyl (C=O) groups is 1. The molecule has 1 aromatic carbocycles. The van der Waals surface area contributed by atoms with Crippen molar-refractivity contribution in [1.29, 1.82) is 0 Å². The number of likely N-dealkylation sites (tertiary alicyclic amines) is 2. The highest BCUT2D eigenvalue weighted by Crippen LogP contribution is 2.25. The number of amides is 1. The van der Waals surface area contributed by atoms with Crippen molar-refractivity contribution < 1.29 is 4.79 Å². The number of nitrogen functional groups attached to an aromatic ring is 1. The Morgan fingerprint density at radius 3 is 2.58 bits per heavy atom. The molecular formula is C26H32N6O. The van der Waals surface area contributed by atoms with E-state index in [0.29, 0.717) is 17.8 Å². The van der Waals surface area contributed by atoms with E-state index in [1.807, 2.05) is 36.5 Å². The molecular weight excluding hydrogens is 412 g/mol. The van der Waals surface area contributed by atoms with Gasteiger partial charge >= 0.3 is 0 Å². The highest BCUT2D eigenvalue weighted by molar-refractivity contribution is 5.81. The van der Waals surface area contributed by atoms with Crippen molar-refractivity contribution in [2.75, 3.05) is 37.2 Å². The lowest BCUT2D eigenvalue weighted by Gasteiger charge is -2.37. The van der Waals surface area contributed by atoms with Crippen molar-refractivity contribution in [3.05, 3.63) is 60.4 Å². The average Bonchev–Trinajstić information content (AvgIpc) is 2.85. The third-order valence-electron chi connectivity index (χ3n) is 6.96. The predicted octanol–water partition coefficient (Wildman–Crippen LogP) is 3.53. The van der Waals surface area contributed by atoms with Gasteiger partial charge in [0.2, 0.25) is 5.91 Å². The number of piperidine rings is 2. The first-order chi connectivity index (χ1) is 16.1. The molecule has 172 valence electrons. The van der Waals surface area contributed by atoms with E-state index in [1.165, 1.54) is 5.56 Å². The van der Waals surface area contributed by atoms with Gasteiger partial charge in [-0.1, -0.05) is 18.2 Å². The van der Waals surface area contributed by atoms with Crippen LogP contribution in [-0.4, -0.2) is 57.9 Å². The van der Waals surface area contributed by atoms with Crippen LogP contribution in [-0.2, 0) is 11.3 Å². The van der Waals surface area contributed by atoms with Gasteiger partial charge in [-0.3, -0.25) is 14.7 Å². The van der Waals surface area contributed by atoms with E-state index in [-0.39, 0.29) is 5.92 Å². The maximum Gasteiger partial charge on any atom is 0.225 e. The van der Waals surface area contributed by atoms with Gasteiger partial charge in [0.05, 0.1) is 17.4 Å². The van der Waals surface area contributed by atoms with Crippen LogP contribution in [0.3, 0.4) is 0 Å². The third-order valence-corrected chi connectivity index (χ3v) is 6.96. The number of rotatable bonds is 5. The zero-order valence-corrected chi connectivity index (χ0v) is 19.0. The molecule has 7 nitrogen and oxygen atoms in total. The van der Waals surface area contributed by atoms with E-state index in [9.17, 15) is 4.79 Å². The largest absolute Gasteiger partial charge is 0.384 e. The lowest BCUT2D eigenvalue weighted by atomic mass is 9.93. The van der Waals surface area contributed by atoms with Gasteiger partial charge in [0.1, 0.15) is 5.82 Å². The van der Waals surface area contributed by atoms with E-state index >= 15 is 0 Å². The van der Waals surface area contributed by atoms with Crippen LogP contribution in [0.25, 0.3) is 10.9 Å². The molecule has 0 spiro atoms. The Hall–Kier alpha value is -3.19. The summed E-state index contributed by atoms with van der Waals surface area (Å²) < 4.78 is 0. The second-order valence-corrected chi connectivity index (χ2v) is 9.30. The topological polar surface area (TPSA) is 87.4 Å². The molecule has 7 heteroatoms. The van der Waals surface area contributed by atoms with E-state index in [0.717, 1.165) is 75.0 Å². The zero-order chi connectivity index (χ0) is 22.6. The van der Waals surface area contributed by atoms with Crippen molar-refractivity contribution in [1.82, 2.24) is 19.8 Å². The SMILES string of the molecule is Nc1cc(CN2CCC(C(=O)N3CCC(Nc4cnc5ccccc5c4)CC3)CC2)ccn1. The number of anilines is 2. The Morgan fingerprint density at radius 2 is 1.79 bits per heavy atom. The first kappa shape index (κ1) is 21.6. The number of hydrogen-bond acceptors (Lipinski definition) is 6. The number of hydrogen-bond donors (Lipinski definition) is 2. The molecule has 0 radical (unpaired) electrons. The lowest BCUT2D eigenvalue weighted by Crippen LogP contribution is -2.47. The van der Waals surface area contributed by atoms with Crippen LogP contribution in [0.5, 0.6) is 0 Å². The summed E-state index contributed by atoms with van der Waals surface area (Å²) in [5, 5.41) is 4.77. The molecule has 0 bridgehead atoms. The van der Waals surface area contributed by atoms with Crippen LogP contribution in [0, 0.1) is 5.92 Å². The molecule has 3 aromatic rings. The summed E-state index contributed by atoms with van der Waals surface area (Å²) in [5.41, 5.74) is 9.05.